The molecule has 0 amide bonds. The molecule has 0 aliphatic carbocycles. The summed E-state index contributed by atoms with van der Waals surface area (Å²) in [6.45, 7) is 1.60. The minimum atomic E-state index is -1.24. The average Bonchev–Trinajstić information content (AvgIpc) is 2.35. The number of quaternary nitrogens is 2. The number of rotatable bonds is 5. The predicted molar refractivity (Wildman–Crippen MR) is 65.5 cm³/mol. The third kappa shape index (κ3) is 4.14. The van der Waals surface area contributed by atoms with E-state index in [2.05, 4.69) is 4.74 Å². The first-order valence-electron chi connectivity index (χ1n) is 5.17. The van der Waals surface area contributed by atoms with Crippen LogP contribution >= 0.6 is 11.8 Å². The van der Waals surface area contributed by atoms with Gasteiger partial charge in [-0.2, -0.15) is 10.5 Å². The Morgan fingerprint density at radius 2 is 2.00 bits per heavy atom. The number of carbonyl (C=O) groups excluding carboxylic acids is 1. The molecule has 0 spiro atoms. The lowest BCUT2D eigenvalue weighted by Crippen LogP contribution is -3.01. The summed E-state index contributed by atoms with van der Waals surface area (Å²) in [5, 5.41) is 37.6. The summed E-state index contributed by atoms with van der Waals surface area (Å²) in [4.78, 5) is 11.4. The molecule has 106 valence electrons. The molecule has 0 fully saturated rings. The number of carbonyl (C=O) groups is 1. The zero-order valence-electron chi connectivity index (χ0n) is 10.3. The highest BCUT2D eigenvalue weighted by molar-refractivity contribution is 8.00. The molecule has 19 heavy (non-hydrogen) atoms. The van der Waals surface area contributed by atoms with Gasteiger partial charge in [0.25, 0.3) is 0 Å². The Bertz CT molecular complexity index is 466. The van der Waals surface area contributed by atoms with Gasteiger partial charge in [-0.3, -0.25) is 4.79 Å². The number of benzene rings is 1. The highest BCUT2D eigenvalue weighted by atomic mass is 32.2. The van der Waals surface area contributed by atoms with Gasteiger partial charge in [-0.25, -0.2) is 10.4 Å². The molecule has 4 N–H and O–H groups in total. The van der Waals surface area contributed by atoms with Crippen LogP contribution in [-0.2, 0) is 9.53 Å². The summed E-state index contributed by atoms with van der Waals surface area (Å²) < 4.78 is 4.47. The monoisotopic (exact) mass is 290 g/mol. The van der Waals surface area contributed by atoms with Crippen molar-refractivity contribution in [2.45, 2.75) is 11.8 Å². The van der Waals surface area contributed by atoms with Crippen LogP contribution in [0.2, 0.25) is 0 Å². The zero-order chi connectivity index (χ0) is 14.6. The van der Waals surface area contributed by atoms with Crippen molar-refractivity contribution in [3.05, 3.63) is 28.1 Å². The Morgan fingerprint density at radius 1 is 1.37 bits per heavy atom. The number of aryl methyl sites for hydroxylation is 1. The fourth-order valence-electron chi connectivity index (χ4n) is 1.44. The number of hydrogen-bond donors (Lipinski definition) is 4. The van der Waals surface area contributed by atoms with Gasteiger partial charge in [0.2, 0.25) is 0 Å². The maximum Gasteiger partial charge on any atom is 0.315 e. The summed E-state index contributed by atoms with van der Waals surface area (Å²) in [7, 11) is 1.24. The largest absolute Gasteiger partial charge is 0.595 e. The van der Waals surface area contributed by atoms with Crippen LogP contribution in [0.1, 0.15) is 5.56 Å². The van der Waals surface area contributed by atoms with E-state index in [1.807, 2.05) is 0 Å². The van der Waals surface area contributed by atoms with Crippen LogP contribution < -0.4 is 10.5 Å². The normalized spacial score (nSPS) is 14.0. The van der Waals surface area contributed by atoms with E-state index in [4.69, 9.17) is 10.4 Å². The van der Waals surface area contributed by atoms with E-state index in [0.717, 1.165) is 17.8 Å². The second-order valence-corrected chi connectivity index (χ2v) is 4.63. The molecule has 1 aromatic carbocycles. The van der Waals surface area contributed by atoms with Crippen molar-refractivity contribution in [1.82, 2.24) is 0 Å². The summed E-state index contributed by atoms with van der Waals surface area (Å²) in [6.07, 6.45) is 0. The highest BCUT2D eigenvalue weighted by Gasteiger charge is 2.18. The standard InChI is InChI=1S/C10H14N2O6S/c1-6-3-7(11(14)15)4-8(12(16)17)10(6)19-5-9(13)18-2/h3-4,11-12,14,16H,5H2,1-2H3. The van der Waals surface area contributed by atoms with Crippen LogP contribution in [0, 0.1) is 17.3 Å². The molecule has 2 unspecified atom stereocenters. The van der Waals surface area contributed by atoms with E-state index >= 15 is 0 Å². The van der Waals surface area contributed by atoms with E-state index in [-0.39, 0.29) is 17.1 Å². The Hall–Kier alpha value is -1.20. The molecule has 2 atom stereocenters. The zero-order valence-corrected chi connectivity index (χ0v) is 11.1. The van der Waals surface area contributed by atoms with Crippen LogP contribution in [0.4, 0.5) is 11.4 Å². The molecule has 1 rings (SSSR count). The van der Waals surface area contributed by atoms with Crippen LogP contribution in [0.5, 0.6) is 0 Å². The van der Waals surface area contributed by atoms with Gasteiger partial charge in [-0.15, -0.1) is 11.8 Å². The van der Waals surface area contributed by atoms with Gasteiger partial charge in [-0.1, -0.05) is 0 Å². The lowest BCUT2D eigenvalue weighted by molar-refractivity contribution is -0.997. The third-order valence-corrected chi connectivity index (χ3v) is 3.52. The minimum absolute atomic E-state index is 0.0377. The van der Waals surface area contributed by atoms with E-state index in [1.165, 1.54) is 13.2 Å². The van der Waals surface area contributed by atoms with Crippen LogP contribution in [-0.4, -0.2) is 29.2 Å². The Balaban J connectivity index is 3.11. The van der Waals surface area contributed by atoms with Crippen LogP contribution in [0.25, 0.3) is 0 Å². The summed E-state index contributed by atoms with van der Waals surface area (Å²) in [5.41, 5.74) is 0.259. The van der Waals surface area contributed by atoms with Crippen molar-refractivity contribution >= 4 is 29.1 Å². The summed E-state index contributed by atoms with van der Waals surface area (Å²) in [6, 6.07) is 2.45. The molecule has 0 heterocycles. The average molecular weight is 290 g/mol. The fourth-order valence-corrected chi connectivity index (χ4v) is 2.41. The van der Waals surface area contributed by atoms with Crippen LogP contribution in [0.3, 0.4) is 0 Å². The van der Waals surface area contributed by atoms with E-state index < -0.39 is 16.4 Å². The molecule has 8 nitrogen and oxygen atoms in total. The number of ether oxygens (including phenoxy) is 1. The SMILES string of the molecule is COC(=O)CSc1c(C)cc([NH+]([O-])O)cc1[NH+]([O-])O. The Kier molecular flexibility index (Phi) is 5.69. The van der Waals surface area contributed by atoms with Crippen molar-refractivity contribution < 1.29 is 30.4 Å². The third-order valence-electron chi connectivity index (χ3n) is 2.31. The first kappa shape index (κ1) is 15.9. The maximum atomic E-state index is 11.1. The molecule has 0 aromatic heterocycles. The molecule has 0 aliphatic rings. The smallest absolute Gasteiger partial charge is 0.315 e. The van der Waals surface area contributed by atoms with Gasteiger partial charge in [0.15, 0.2) is 11.4 Å². The van der Waals surface area contributed by atoms with Gasteiger partial charge in [-0.05, 0) is 12.5 Å². The molecule has 0 radical (unpaired) electrons. The second kappa shape index (κ2) is 6.82. The summed E-state index contributed by atoms with van der Waals surface area (Å²) in [5.74, 6) is -0.521. The molecule has 0 saturated carbocycles. The molecular formula is C10H14N2O6S. The summed E-state index contributed by atoms with van der Waals surface area (Å²) >= 11 is 1.01. The van der Waals surface area contributed by atoms with E-state index in [0.29, 0.717) is 10.5 Å². The van der Waals surface area contributed by atoms with Gasteiger partial charge in [0.1, 0.15) is 0 Å². The van der Waals surface area contributed by atoms with Gasteiger partial charge < -0.3 is 15.2 Å². The second-order valence-electron chi connectivity index (χ2n) is 3.64. The number of thioether (sulfide) groups is 1. The van der Waals surface area contributed by atoms with Gasteiger partial charge >= 0.3 is 5.97 Å². The molecular weight excluding hydrogens is 276 g/mol. The van der Waals surface area contributed by atoms with Crippen molar-refractivity contribution in [2.75, 3.05) is 12.9 Å². The first-order valence-corrected chi connectivity index (χ1v) is 6.16. The quantitative estimate of drug-likeness (QED) is 0.314. The van der Waals surface area contributed by atoms with Gasteiger partial charge in [0, 0.05) is 6.07 Å². The Labute approximate surface area is 113 Å². The Morgan fingerprint density at radius 3 is 2.47 bits per heavy atom. The molecule has 0 bridgehead atoms. The predicted octanol–water partition coefficient (Wildman–Crippen LogP) is -0.933. The number of nitrogens with one attached hydrogen (secondary N) is 2. The molecule has 1 aromatic rings. The minimum Gasteiger partial charge on any atom is -0.595 e. The number of esters is 1. The lowest BCUT2D eigenvalue weighted by Gasteiger charge is -2.19. The maximum absolute atomic E-state index is 11.1. The molecule has 0 aliphatic heterocycles. The van der Waals surface area contributed by atoms with Crippen molar-refractivity contribution in [2.24, 2.45) is 0 Å². The van der Waals surface area contributed by atoms with E-state index in [9.17, 15) is 15.2 Å². The topological polar surface area (TPSA) is 122 Å². The number of hydrogen-bond acceptors (Lipinski definition) is 7. The molecule has 0 saturated heterocycles. The van der Waals surface area contributed by atoms with Crippen molar-refractivity contribution in [1.29, 1.82) is 0 Å². The first-order chi connectivity index (χ1) is 8.86. The molecule has 9 heteroatoms. The van der Waals surface area contributed by atoms with E-state index in [1.54, 1.807) is 6.92 Å². The van der Waals surface area contributed by atoms with Crippen molar-refractivity contribution in [3.8, 4) is 0 Å². The lowest BCUT2D eigenvalue weighted by atomic mass is 10.2. The fraction of sp³-hybridized carbons (Fsp3) is 0.300. The highest BCUT2D eigenvalue weighted by Crippen LogP contribution is 2.30. The number of methoxy groups -OCH3 is 1. The van der Waals surface area contributed by atoms with Crippen molar-refractivity contribution in [3.63, 3.8) is 0 Å². The van der Waals surface area contributed by atoms with Crippen LogP contribution in [0.15, 0.2) is 17.0 Å². The van der Waals surface area contributed by atoms with Gasteiger partial charge in [0.05, 0.1) is 23.8 Å².